The molecule has 122 valence electrons. The molecule has 2 N–H and O–H groups in total. The van der Waals surface area contributed by atoms with Gasteiger partial charge in [0, 0.05) is 10.6 Å². The van der Waals surface area contributed by atoms with Crippen LogP contribution in [0.2, 0.25) is 0 Å². The predicted molar refractivity (Wildman–Crippen MR) is 91.6 cm³/mol. The molecule has 0 spiro atoms. The van der Waals surface area contributed by atoms with Gasteiger partial charge in [0.25, 0.3) is 0 Å². The summed E-state index contributed by atoms with van der Waals surface area (Å²) in [6.45, 7) is 3.13. The zero-order valence-electron chi connectivity index (χ0n) is 13.0. The molecule has 5 nitrogen and oxygen atoms in total. The zero-order valence-corrected chi connectivity index (χ0v) is 13.8. The van der Waals surface area contributed by atoms with Crippen LogP contribution in [0.3, 0.4) is 0 Å². The SMILES string of the molecule is CCCCOc1ccc(NC(=O)C(=O)NCc2cccs2)cc1. The van der Waals surface area contributed by atoms with E-state index < -0.39 is 11.8 Å². The first kappa shape index (κ1) is 17.0. The van der Waals surface area contributed by atoms with Crippen LogP contribution in [0.15, 0.2) is 41.8 Å². The smallest absolute Gasteiger partial charge is 0.313 e. The molecule has 0 saturated carbocycles. The number of benzene rings is 1. The molecule has 0 aliphatic carbocycles. The third kappa shape index (κ3) is 5.75. The molecular formula is C17H20N2O3S. The van der Waals surface area contributed by atoms with Gasteiger partial charge in [-0.15, -0.1) is 11.3 Å². The molecule has 1 aromatic heterocycles. The lowest BCUT2D eigenvalue weighted by Gasteiger charge is -2.08. The van der Waals surface area contributed by atoms with E-state index in [0.29, 0.717) is 18.8 Å². The van der Waals surface area contributed by atoms with Gasteiger partial charge < -0.3 is 15.4 Å². The van der Waals surface area contributed by atoms with Crippen LogP contribution in [0.5, 0.6) is 5.75 Å². The van der Waals surface area contributed by atoms with Gasteiger partial charge in [-0.05, 0) is 42.1 Å². The fourth-order valence-electron chi connectivity index (χ4n) is 1.82. The van der Waals surface area contributed by atoms with Crippen molar-refractivity contribution in [2.24, 2.45) is 0 Å². The fraction of sp³-hybridized carbons (Fsp3) is 0.294. The van der Waals surface area contributed by atoms with Gasteiger partial charge in [-0.2, -0.15) is 0 Å². The number of amides is 2. The van der Waals surface area contributed by atoms with E-state index in [0.717, 1.165) is 23.5 Å². The average Bonchev–Trinajstić information content (AvgIpc) is 3.08. The van der Waals surface area contributed by atoms with Gasteiger partial charge in [0.2, 0.25) is 0 Å². The largest absolute Gasteiger partial charge is 0.494 e. The molecular weight excluding hydrogens is 312 g/mol. The summed E-state index contributed by atoms with van der Waals surface area (Å²) in [6.07, 6.45) is 2.08. The summed E-state index contributed by atoms with van der Waals surface area (Å²) in [6, 6.07) is 10.8. The van der Waals surface area contributed by atoms with Gasteiger partial charge in [-0.1, -0.05) is 19.4 Å². The number of hydrogen-bond acceptors (Lipinski definition) is 4. The molecule has 1 heterocycles. The minimum atomic E-state index is -0.679. The van der Waals surface area contributed by atoms with Gasteiger partial charge in [0.05, 0.1) is 13.2 Å². The maximum absolute atomic E-state index is 11.8. The first-order valence-electron chi connectivity index (χ1n) is 7.53. The first-order valence-corrected chi connectivity index (χ1v) is 8.41. The Balaban J connectivity index is 1.78. The Bertz CT molecular complexity index is 624. The van der Waals surface area contributed by atoms with Crippen LogP contribution >= 0.6 is 11.3 Å². The van der Waals surface area contributed by atoms with Crippen molar-refractivity contribution in [1.29, 1.82) is 0 Å². The van der Waals surface area contributed by atoms with Gasteiger partial charge in [-0.3, -0.25) is 9.59 Å². The van der Waals surface area contributed by atoms with Crippen molar-refractivity contribution < 1.29 is 14.3 Å². The number of anilines is 1. The molecule has 23 heavy (non-hydrogen) atoms. The summed E-state index contributed by atoms with van der Waals surface area (Å²) in [5.74, 6) is -0.582. The summed E-state index contributed by atoms with van der Waals surface area (Å²) in [4.78, 5) is 24.6. The highest BCUT2D eigenvalue weighted by Crippen LogP contribution is 2.16. The van der Waals surface area contributed by atoms with Crippen molar-refractivity contribution in [1.82, 2.24) is 5.32 Å². The third-order valence-electron chi connectivity index (χ3n) is 3.09. The maximum Gasteiger partial charge on any atom is 0.313 e. The lowest BCUT2D eigenvalue weighted by Crippen LogP contribution is -2.34. The summed E-state index contributed by atoms with van der Waals surface area (Å²) >= 11 is 1.53. The molecule has 0 aliphatic rings. The highest BCUT2D eigenvalue weighted by Gasteiger charge is 2.13. The van der Waals surface area contributed by atoms with Crippen molar-refractivity contribution in [2.45, 2.75) is 26.3 Å². The molecule has 0 unspecified atom stereocenters. The van der Waals surface area contributed by atoms with E-state index in [1.807, 2.05) is 17.5 Å². The Hall–Kier alpha value is -2.34. The van der Waals surface area contributed by atoms with Crippen molar-refractivity contribution in [3.05, 3.63) is 46.7 Å². The summed E-state index contributed by atoms with van der Waals surface area (Å²) in [5, 5.41) is 7.07. The summed E-state index contributed by atoms with van der Waals surface area (Å²) in [5.41, 5.74) is 0.559. The molecule has 2 aromatic rings. The van der Waals surface area contributed by atoms with Gasteiger partial charge in [0.15, 0.2) is 0 Å². The standard InChI is InChI=1S/C17H20N2O3S/c1-2-3-10-22-14-8-6-13(7-9-14)19-17(21)16(20)18-12-15-5-4-11-23-15/h4-9,11H,2-3,10,12H2,1H3,(H,18,20)(H,19,21). The van der Waals surface area contributed by atoms with Crippen LogP contribution in [-0.2, 0) is 16.1 Å². The summed E-state index contributed by atoms with van der Waals surface area (Å²) < 4.78 is 5.54. The second kappa shape index (κ2) is 8.95. The number of ether oxygens (including phenoxy) is 1. The normalized spacial score (nSPS) is 10.1. The molecule has 2 rings (SSSR count). The number of carbonyl (C=O) groups excluding carboxylic acids is 2. The van der Waals surface area contributed by atoms with Crippen LogP contribution in [0.4, 0.5) is 5.69 Å². The van der Waals surface area contributed by atoms with Crippen LogP contribution in [0.25, 0.3) is 0 Å². The average molecular weight is 332 g/mol. The third-order valence-corrected chi connectivity index (χ3v) is 3.96. The molecule has 1 aromatic carbocycles. The van der Waals surface area contributed by atoms with Crippen molar-refractivity contribution in [2.75, 3.05) is 11.9 Å². The van der Waals surface area contributed by atoms with E-state index in [4.69, 9.17) is 4.74 Å². The Morgan fingerprint density at radius 2 is 1.91 bits per heavy atom. The second-order valence-electron chi connectivity index (χ2n) is 4.94. The zero-order chi connectivity index (χ0) is 16.5. The molecule has 0 saturated heterocycles. The number of carbonyl (C=O) groups is 2. The van der Waals surface area contributed by atoms with Crippen LogP contribution < -0.4 is 15.4 Å². The number of thiophene rings is 1. The lowest BCUT2D eigenvalue weighted by atomic mass is 10.3. The topological polar surface area (TPSA) is 67.4 Å². The molecule has 6 heteroatoms. The van der Waals surface area contributed by atoms with E-state index in [-0.39, 0.29) is 0 Å². The highest BCUT2D eigenvalue weighted by atomic mass is 32.1. The first-order chi connectivity index (χ1) is 11.2. The van der Waals surface area contributed by atoms with Crippen molar-refractivity contribution in [3.63, 3.8) is 0 Å². The number of rotatable bonds is 7. The monoisotopic (exact) mass is 332 g/mol. The molecule has 0 bridgehead atoms. The van der Waals surface area contributed by atoms with Crippen molar-refractivity contribution in [3.8, 4) is 5.75 Å². The van der Waals surface area contributed by atoms with E-state index in [2.05, 4.69) is 17.6 Å². The number of nitrogens with one attached hydrogen (secondary N) is 2. The molecule has 2 amide bonds. The fourth-order valence-corrected chi connectivity index (χ4v) is 2.46. The maximum atomic E-state index is 11.8. The lowest BCUT2D eigenvalue weighted by molar-refractivity contribution is -0.136. The van der Waals surface area contributed by atoms with E-state index >= 15 is 0 Å². The Kier molecular flexibility index (Phi) is 6.62. The molecule has 0 atom stereocenters. The van der Waals surface area contributed by atoms with Gasteiger partial charge >= 0.3 is 11.8 Å². The molecule has 0 radical (unpaired) electrons. The Morgan fingerprint density at radius 1 is 1.13 bits per heavy atom. The van der Waals surface area contributed by atoms with Crippen LogP contribution in [-0.4, -0.2) is 18.4 Å². The van der Waals surface area contributed by atoms with Crippen LogP contribution in [0, 0.1) is 0 Å². The number of unbranched alkanes of at least 4 members (excludes halogenated alkanes) is 1. The van der Waals surface area contributed by atoms with E-state index in [1.165, 1.54) is 11.3 Å². The van der Waals surface area contributed by atoms with E-state index in [9.17, 15) is 9.59 Å². The molecule has 0 aliphatic heterocycles. The van der Waals surface area contributed by atoms with E-state index in [1.54, 1.807) is 24.3 Å². The number of hydrogen-bond donors (Lipinski definition) is 2. The quantitative estimate of drug-likeness (QED) is 0.604. The Labute approximate surface area is 139 Å². The Morgan fingerprint density at radius 3 is 2.57 bits per heavy atom. The second-order valence-corrected chi connectivity index (χ2v) is 5.97. The highest BCUT2D eigenvalue weighted by molar-refractivity contribution is 7.09. The summed E-state index contributed by atoms with van der Waals surface area (Å²) in [7, 11) is 0. The minimum Gasteiger partial charge on any atom is -0.494 e. The van der Waals surface area contributed by atoms with Crippen molar-refractivity contribution >= 4 is 28.8 Å². The molecule has 0 fully saturated rings. The van der Waals surface area contributed by atoms with Gasteiger partial charge in [-0.25, -0.2) is 0 Å². The van der Waals surface area contributed by atoms with Gasteiger partial charge in [0.1, 0.15) is 5.75 Å². The minimum absolute atomic E-state index is 0.355. The predicted octanol–water partition coefficient (Wildman–Crippen LogP) is 3.18. The van der Waals surface area contributed by atoms with Crippen LogP contribution in [0.1, 0.15) is 24.6 Å².